The summed E-state index contributed by atoms with van der Waals surface area (Å²) in [5.74, 6) is 0.776. The molecule has 0 aliphatic carbocycles. The summed E-state index contributed by atoms with van der Waals surface area (Å²) in [5.41, 5.74) is 0.663. The fourth-order valence-corrected chi connectivity index (χ4v) is 2.91. The van der Waals surface area contributed by atoms with Gasteiger partial charge in [0.25, 0.3) is 0 Å². The van der Waals surface area contributed by atoms with Crippen molar-refractivity contribution in [3.05, 3.63) is 29.2 Å². The zero-order valence-corrected chi connectivity index (χ0v) is 11.6. The first-order chi connectivity index (χ1) is 9.21. The molecular weight excluding hydrogens is 260 g/mol. The maximum atomic E-state index is 5.63. The molecule has 6 heteroatoms. The van der Waals surface area contributed by atoms with Crippen LogP contribution < -0.4 is 0 Å². The fraction of sp³-hybridized carbons (Fsp3) is 0.462. The summed E-state index contributed by atoms with van der Waals surface area (Å²) in [5, 5.41) is 7.21. The summed E-state index contributed by atoms with van der Waals surface area (Å²) >= 11 is 5.39. The van der Waals surface area contributed by atoms with Crippen LogP contribution in [0.4, 0.5) is 0 Å². The molecule has 19 heavy (non-hydrogen) atoms. The molecule has 2 aromatic heterocycles. The molecule has 1 N–H and O–H groups in total. The van der Waals surface area contributed by atoms with Crippen LogP contribution in [0.3, 0.4) is 0 Å². The average Bonchev–Trinajstić information content (AvgIpc) is 2.83. The summed E-state index contributed by atoms with van der Waals surface area (Å²) in [6.45, 7) is 3.63. The fourth-order valence-electron chi connectivity index (χ4n) is 2.56. The number of aromatic amines is 1. The highest BCUT2D eigenvalue weighted by atomic mass is 32.1. The van der Waals surface area contributed by atoms with Crippen molar-refractivity contribution < 1.29 is 4.74 Å². The predicted octanol–water partition coefficient (Wildman–Crippen LogP) is 2.53. The zero-order valence-electron chi connectivity index (χ0n) is 10.8. The summed E-state index contributed by atoms with van der Waals surface area (Å²) < 4.78 is 8.29. The highest BCUT2D eigenvalue weighted by Crippen LogP contribution is 2.31. The second-order valence-electron chi connectivity index (χ2n) is 5.06. The van der Waals surface area contributed by atoms with Gasteiger partial charge in [-0.3, -0.25) is 14.6 Å². The van der Waals surface area contributed by atoms with Gasteiger partial charge >= 0.3 is 0 Å². The van der Waals surface area contributed by atoms with Crippen molar-refractivity contribution in [2.75, 3.05) is 13.2 Å². The molecule has 2 aromatic rings. The topological polar surface area (TPSA) is 55.7 Å². The molecular formula is C13H16N4OS. The third-order valence-electron chi connectivity index (χ3n) is 3.52. The number of ether oxygens (including phenoxy) is 1. The summed E-state index contributed by atoms with van der Waals surface area (Å²) in [4.78, 5) is 4.36. The average molecular weight is 276 g/mol. The lowest BCUT2D eigenvalue weighted by atomic mass is 9.94. The van der Waals surface area contributed by atoms with E-state index in [9.17, 15) is 0 Å². The molecule has 1 aliphatic rings. The molecule has 1 fully saturated rings. The Hall–Kier alpha value is -1.53. The minimum Gasteiger partial charge on any atom is -0.379 e. The number of nitrogens with one attached hydrogen (secondary N) is 1. The van der Waals surface area contributed by atoms with Crippen molar-refractivity contribution >= 4 is 12.2 Å². The molecule has 1 aliphatic heterocycles. The van der Waals surface area contributed by atoms with E-state index in [0.29, 0.717) is 11.4 Å². The largest absolute Gasteiger partial charge is 0.379 e. The summed E-state index contributed by atoms with van der Waals surface area (Å²) in [6.07, 6.45) is 3.82. The molecule has 0 bridgehead atoms. The Balaban J connectivity index is 2.11. The van der Waals surface area contributed by atoms with E-state index >= 15 is 0 Å². The lowest BCUT2D eigenvalue weighted by Crippen LogP contribution is -2.39. The van der Waals surface area contributed by atoms with Crippen LogP contribution >= 0.6 is 12.2 Å². The van der Waals surface area contributed by atoms with Crippen molar-refractivity contribution in [1.82, 2.24) is 19.7 Å². The number of hydrogen-bond donors (Lipinski definition) is 1. The van der Waals surface area contributed by atoms with Crippen LogP contribution in [0.25, 0.3) is 11.5 Å². The molecule has 0 saturated carbocycles. The number of aromatic nitrogens is 4. The van der Waals surface area contributed by atoms with Crippen molar-refractivity contribution in [2.24, 2.45) is 0 Å². The molecule has 0 spiro atoms. The minimum atomic E-state index is -0.158. The van der Waals surface area contributed by atoms with Gasteiger partial charge in [-0.25, -0.2) is 0 Å². The number of nitrogens with zero attached hydrogens (tertiary/aromatic N) is 3. The molecule has 0 aromatic carbocycles. The first-order valence-corrected chi connectivity index (χ1v) is 6.79. The lowest BCUT2D eigenvalue weighted by molar-refractivity contribution is 0.00947. The Kier molecular flexibility index (Phi) is 3.20. The van der Waals surface area contributed by atoms with Crippen molar-refractivity contribution in [3.63, 3.8) is 0 Å². The van der Waals surface area contributed by atoms with Crippen LogP contribution in [0, 0.1) is 4.77 Å². The molecule has 0 amide bonds. The van der Waals surface area contributed by atoms with E-state index in [1.54, 1.807) is 6.20 Å². The van der Waals surface area contributed by atoms with Crippen LogP contribution in [0.1, 0.15) is 19.8 Å². The molecule has 1 unspecified atom stereocenters. The van der Waals surface area contributed by atoms with Gasteiger partial charge in [-0.05, 0) is 44.1 Å². The highest BCUT2D eigenvalue weighted by Gasteiger charge is 2.33. The zero-order chi connectivity index (χ0) is 13.3. The molecule has 1 saturated heterocycles. The Labute approximate surface area is 116 Å². The quantitative estimate of drug-likeness (QED) is 0.856. The first-order valence-electron chi connectivity index (χ1n) is 6.38. The van der Waals surface area contributed by atoms with Gasteiger partial charge < -0.3 is 4.74 Å². The van der Waals surface area contributed by atoms with Crippen LogP contribution in [0.5, 0.6) is 0 Å². The second kappa shape index (κ2) is 4.86. The van der Waals surface area contributed by atoms with Gasteiger partial charge in [0.1, 0.15) is 5.69 Å². The monoisotopic (exact) mass is 276 g/mol. The van der Waals surface area contributed by atoms with Gasteiger partial charge in [0.15, 0.2) is 10.6 Å². The standard InChI is InChI=1S/C13H16N4OS/c1-13(6-4-8-18-9-13)17-11(15-16-12(17)19)10-5-2-3-7-14-10/h2-3,5,7H,4,6,8-9H2,1H3,(H,16,19). The highest BCUT2D eigenvalue weighted by molar-refractivity contribution is 7.71. The van der Waals surface area contributed by atoms with Crippen molar-refractivity contribution in [3.8, 4) is 11.5 Å². The van der Waals surface area contributed by atoms with Crippen molar-refractivity contribution in [1.29, 1.82) is 0 Å². The van der Waals surface area contributed by atoms with Crippen LogP contribution in [0.15, 0.2) is 24.4 Å². The van der Waals surface area contributed by atoms with Gasteiger partial charge in [-0.15, -0.1) is 0 Å². The summed E-state index contributed by atoms with van der Waals surface area (Å²) in [6, 6.07) is 5.78. The van der Waals surface area contributed by atoms with Gasteiger partial charge in [0, 0.05) is 12.8 Å². The van der Waals surface area contributed by atoms with Crippen LogP contribution in [-0.4, -0.2) is 33.0 Å². The Bertz CT molecular complexity index is 613. The minimum absolute atomic E-state index is 0.158. The first kappa shape index (κ1) is 12.5. The molecule has 1 atom stereocenters. The molecule has 0 radical (unpaired) electrons. The number of hydrogen-bond acceptors (Lipinski definition) is 4. The van der Waals surface area contributed by atoms with E-state index in [1.807, 2.05) is 22.8 Å². The van der Waals surface area contributed by atoms with Gasteiger partial charge in [-0.1, -0.05) is 6.07 Å². The third kappa shape index (κ3) is 2.21. The van der Waals surface area contributed by atoms with E-state index < -0.39 is 0 Å². The maximum Gasteiger partial charge on any atom is 0.196 e. The second-order valence-corrected chi connectivity index (χ2v) is 5.44. The molecule has 3 rings (SSSR count). The normalized spacial score (nSPS) is 23.4. The van der Waals surface area contributed by atoms with Crippen molar-refractivity contribution in [2.45, 2.75) is 25.3 Å². The Morgan fingerprint density at radius 2 is 2.37 bits per heavy atom. The summed E-state index contributed by atoms with van der Waals surface area (Å²) in [7, 11) is 0. The third-order valence-corrected chi connectivity index (χ3v) is 3.80. The predicted molar refractivity (Wildman–Crippen MR) is 74.3 cm³/mol. The van der Waals surface area contributed by atoms with Gasteiger partial charge in [-0.2, -0.15) is 5.10 Å². The molecule has 3 heterocycles. The lowest BCUT2D eigenvalue weighted by Gasteiger charge is -2.35. The van der Waals surface area contributed by atoms with Crippen LogP contribution in [-0.2, 0) is 10.3 Å². The van der Waals surface area contributed by atoms with Gasteiger partial charge in [0.2, 0.25) is 0 Å². The Morgan fingerprint density at radius 3 is 3.05 bits per heavy atom. The smallest absolute Gasteiger partial charge is 0.196 e. The molecule has 100 valence electrons. The van der Waals surface area contributed by atoms with E-state index in [-0.39, 0.29) is 5.54 Å². The van der Waals surface area contributed by atoms with E-state index in [1.165, 1.54) is 0 Å². The number of pyridine rings is 1. The SMILES string of the molecule is CC1(n2c(-c3ccccn3)n[nH]c2=S)CCCOC1. The van der Waals surface area contributed by atoms with Gasteiger partial charge in [0.05, 0.1) is 12.1 Å². The van der Waals surface area contributed by atoms with E-state index in [2.05, 4.69) is 22.1 Å². The van der Waals surface area contributed by atoms with E-state index in [0.717, 1.165) is 31.0 Å². The maximum absolute atomic E-state index is 5.63. The number of rotatable bonds is 2. The Morgan fingerprint density at radius 1 is 1.47 bits per heavy atom. The number of H-pyrrole nitrogens is 1. The molecule has 5 nitrogen and oxygen atoms in total. The van der Waals surface area contributed by atoms with E-state index in [4.69, 9.17) is 17.0 Å². The van der Waals surface area contributed by atoms with Crippen LogP contribution in [0.2, 0.25) is 0 Å².